The lowest BCUT2D eigenvalue weighted by Gasteiger charge is -2.15. The van der Waals surface area contributed by atoms with Crippen LogP contribution >= 0.6 is 0 Å². The van der Waals surface area contributed by atoms with Crippen LogP contribution in [0.5, 0.6) is 5.75 Å². The highest BCUT2D eigenvalue weighted by Crippen LogP contribution is 2.25. The number of hydrogen-bond acceptors (Lipinski definition) is 7. The highest BCUT2D eigenvalue weighted by Gasteiger charge is 2.18. The molecule has 2 aromatic rings. The summed E-state index contributed by atoms with van der Waals surface area (Å²) in [5.74, 6) is -1.18. The third kappa shape index (κ3) is 5.43. The van der Waals surface area contributed by atoms with Crippen molar-refractivity contribution in [3.63, 3.8) is 0 Å². The summed E-state index contributed by atoms with van der Waals surface area (Å²) in [7, 11) is 1.48. The van der Waals surface area contributed by atoms with Crippen LogP contribution in [-0.2, 0) is 14.3 Å². The molecule has 9 heteroatoms. The van der Waals surface area contributed by atoms with Gasteiger partial charge in [0.1, 0.15) is 16.4 Å². The van der Waals surface area contributed by atoms with Crippen LogP contribution in [0.2, 0.25) is 0 Å². The normalized spacial score (nSPS) is 11.8. The Morgan fingerprint density at radius 2 is 2.04 bits per heavy atom. The van der Waals surface area contributed by atoms with Gasteiger partial charge in [-0.05, 0) is 43.7 Å². The Morgan fingerprint density at radius 1 is 1.30 bits per heavy atom. The van der Waals surface area contributed by atoms with Crippen molar-refractivity contribution in [3.05, 3.63) is 57.8 Å². The second-order valence-corrected chi connectivity index (χ2v) is 5.54. The number of ether oxygens (including phenoxy) is 2. The maximum absolute atomic E-state index is 12.2. The molecule has 0 saturated carbocycles. The lowest BCUT2D eigenvalue weighted by Crippen LogP contribution is -2.29. The fourth-order valence-electron chi connectivity index (χ4n) is 2.10. The molecule has 0 spiro atoms. The topological polar surface area (TPSA) is 121 Å². The van der Waals surface area contributed by atoms with E-state index in [-0.39, 0.29) is 5.76 Å². The van der Waals surface area contributed by atoms with Crippen molar-refractivity contribution in [2.75, 3.05) is 12.4 Å². The summed E-state index contributed by atoms with van der Waals surface area (Å²) >= 11 is 0. The smallest absolute Gasteiger partial charge is 0.433 e. The van der Waals surface area contributed by atoms with Crippen molar-refractivity contribution in [2.24, 2.45) is 0 Å². The molecule has 1 aromatic carbocycles. The monoisotopic (exact) mass is 374 g/mol. The maximum Gasteiger partial charge on any atom is 0.433 e. The highest BCUT2D eigenvalue weighted by molar-refractivity contribution is 5.97. The minimum absolute atomic E-state index is 0.111. The molecule has 0 unspecified atom stereocenters. The van der Waals surface area contributed by atoms with Crippen molar-refractivity contribution in [1.82, 2.24) is 0 Å². The van der Waals surface area contributed by atoms with Crippen molar-refractivity contribution in [1.29, 1.82) is 0 Å². The Kier molecular flexibility index (Phi) is 6.32. The molecule has 27 heavy (non-hydrogen) atoms. The van der Waals surface area contributed by atoms with E-state index in [2.05, 4.69) is 5.32 Å². The van der Waals surface area contributed by atoms with Crippen molar-refractivity contribution < 1.29 is 28.4 Å². The van der Waals surface area contributed by atoms with Crippen LogP contribution in [0.3, 0.4) is 0 Å². The van der Waals surface area contributed by atoms with E-state index in [0.29, 0.717) is 11.4 Å². The van der Waals surface area contributed by atoms with Gasteiger partial charge in [-0.25, -0.2) is 4.79 Å². The van der Waals surface area contributed by atoms with Crippen LogP contribution in [0, 0.1) is 17.0 Å². The van der Waals surface area contributed by atoms with Crippen LogP contribution in [0.15, 0.2) is 40.8 Å². The molecule has 1 heterocycles. The summed E-state index contributed by atoms with van der Waals surface area (Å²) in [4.78, 5) is 33.9. The first kappa shape index (κ1) is 19.7. The number of rotatable bonds is 7. The van der Waals surface area contributed by atoms with Gasteiger partial charge in [0.05, 0.1) is 18.9 Å². The summed E-state index contributed by atoms with van der Waals surface area (Å²) in [6.45, 7) is 3.28. The molecule has 0 radical (unpaired) electrons. The lowest BCUT2D eigenvalue weighted by molar-refractivity contribution is -0.402. The molecule has 0 aliphatic rings. The van der Waals surface area contributed by atoms with Gasteiger partial charge < -0.3 is 19.2 Å². The van der Waals surface area contributed by atoms with Crippen LogP contribution in [0.4, 0.5) is 11.6 Å². The first-order valence-electron chi connectivity index (χ1n) is 7.88. The van der Waals surface area contributed by atoms with E-state index < -0.39 is 28.8 Å². The van der Waals surface area contributed by atoms with E-state index in [1.807, 2.05) is 13.0 Å². The number of amides is 1. The Bertz CT molecular complexity index is 886. The molecule has 1 amide bonds. The first-order valence-corrected chi connectivity index (χ1v) is 7.88. The Hall–Kier alpha value is -3.62. The number of nitrogens with one attached hydrogen (secondary N) is 1. The average molecular weight is 374 g/mol. The van der Waals surface area contributed by atoms with E-state index in [4.69, 9.17) is 13.9 Å². The van der Waals surface area contributed by atoms with Gasteiger partial charge in [0.25, 0.3) is 5.91 Å². The average Bonchev–Trinajstić information content (AvgIpc) is 3.09. The SMILES string of the molecule is COc1ccc(C)cc1NC(=O)[C@H](C)OC(=O)/C=C/c1ccc([N+](=O)[O-])o1. The zero-order valence-corrected chi connectivity index (χ0v) is 14.9. The molecule has 0 fully saturated rings. The Morgan fingerprint density at radius 3 is 2.67 bits per heavy atom. The van der Waals surface area contributed by atoms with Crippen LogP contribution in [0.25, 0.3) is 6.08 Å². The van der Waals surface area contributed by atoms with Gasteiger partial charge in [-0.1, -0.05) is 6.07 Å². The Labute approximate surface area is 154 Å². The van der Waals surface area contributed by atoms with Gasteiger partial charge in [-0.3, -0.25) is 14.9 Å². The number of hydrogen-bond donors (Lipinski definition) is 1. The molecule has 9 nitrogen and oxygen atoms in total. The van der Waals surface area contributed by atoms with E-state index in [0.717, 1.165) is 17.7 Å². The van der Waals surface area contributed by atoms with Gasteiger partial charge in [-0.15, -0.1) is 0 Å². The molecule has 0 aliphatic carbocycles. The fraction of sp³-hybridized carbons (Fsp3) is 0.222. The molecule has 2 rings (SSSR count). The van der Waals surface area contributed by atoms with Gasteiger partial charge in [-0.2, -0.15) is 0 Å². The quantitative estimate of drug-likeness (QED) is 0.342. The summed E-state index contributed by atoms with van der Waals surface area (Å²) in [5.41, 5.74) is 1.38. The minimum Gasteiger partial charge on any atom is -0.495 e. The molecule has 1 N–H and O–H groups in total. The number of anilines is 1. The minimum atomic E-state index is -1.07. The molecular weight excluding hydrogens is 356 g/mol. The van der Waals surface area contributed by atoms with E-state index in [9.17, 15) is 19.7 Å². The van der Waals surface area contributed by atoms with E-state index >= 15 is 0 Å². The zero-order valence-electron chi connectivity index (χ0n) is 14.9. The third-order valence-corrected chi connectivity index (χ3v) is 3.45. The van der Waals surface area contributed by atoms with Crippen LogP contribution < -0.4 is 10.1 Å². The lowest BCUT2D eigenvalue weighted by atomic mass is 10.2. The van der Waals surface area contributed by atoms with Crippen molar-refractivity contribution >= 4 is 29.5 Å². The standard InChI is InChI=1S/C18H18N2O7/c1-11-4-7-15(25-3)14(10-11)19-18(22)12(2)26-17(21)9-6-13-5-8-16(27-13)20(23)24/h4-10,12H,1-3H3,(H,19,22)/b9-6+/t12-/m0/s1. The van der Waals surface area contributed by atoms with Gasteiger partial charge >= 0.3 is 11.9 Å². The zero-order chi connectivity index (χ0) is 20.0. The number of carbonyl (C=O) groups excluding carboxylic acids is 2. The molecule has 0 saturated heterocycles. The summed E-state index contributed by atoms with van der Waals surface area (Å²) in [5, 5.41) is 13.2. The van der Waals surface area contributed by atoms with Crippen molar-refractivity contribution in [2.45, 2.75) is 20.0 Å². The maximum atomic E-state index is 12.2. The number of carbonyl (C=O) groups is 2. The number of esters is 1. The van der Waals surface area contributed by atoms with Crippen molar-refractivity contribution in [3.8, 4) is 5.75 Å². The molecule has 142 valence electrons. The molecule has 0 aliphatic heterocycles. The molecular formula is C18H18N2O7. The highest BCUT2D eigenvalue weighted by atomic mass is 16.6. The predicted molar refractivity (Wildman–Crippen MR) is 96.3 cm³/mol. The van der Waals surface area contributed by atoms with Gasteiger partial charge in [0.15, 0.2) is 6.10 Å². The van der Waals surface area contributed by atoms with E-state index in [1.165, 1.54) is 26.2 Å². The first-order chi connectivity index (χ1) is 12.8. The second kappa shape index (κ2) is 8.65. The summed E-state index contributed by atoms with van der Waals surface area (Å²) in [6.07, 6.45) is 1.15. The third-order valence-electron chi connectivity index (χ3n) is 3.45. The molecule has 1 atom stereocenters. The predicted octanol–water partition coefficient (Wildman–Crippen LogP) is 3.09. The van der Waals surface area contributed by atoms with E-state index in [1.54, 1.807) is 12.1 Å². The largest absolute Gasteiger partial charge is 0.495 e. The fourth-order valence-corrected chi connectivity index (χ4v) is 2.10. The number of nitro groups is 1. The molecule has 1 aromatic heterocycles. The number of methoxy groups -OCH3 is 1. The number of benzene rings is 1. The number of furan rings is 1. The summed E-state index contributed by atoms with van der Waals surface area (Å²) < 4.78 is 15.1. The summed E-state index contributed by atoms with van der Waals surface area (Å²) in [6, 6.07) is 7.78. The van der Waals surface area contributed by atoms with Gasteiger partial charge in [0, 0.05) is 6.08 Å². The van der Waals surface area contributed by atoms with Crippen LogP contribution in [0.1, 0.15) is 18.2 Å². The van der Waals surface area contributed by atoms with Gasteiger partial charge in [0.2, 0.25) is 0 Å². The Balaban J connectivity index is 1.95. The second-order valence-electron chi connectivity index (χ2n) is 5.54. The van der Waals surface area contributed by atoms with Crippen LogP contribution in [-0.4, -0.2) is 30.0 Å². The molecule has 0 bridgehead atoms. The number of nitrogens with zero attached hydrogens (tertiary/aromatic N) is 1. The number of aryl methyl sites for hydroxylation is 1.